The normalized spacial score (nSPS) is 16.8. The second kappa shape index (κ2) is 6.68. The van der Waals surface area contributed by atoms with Gasteiger partial charge in [-0.15, -0.1) is 0 Å². The standard InChI is InChI=1S/C17H21N3O/c21-12-16(14-6-2-1-3-7-14)20-17-18-11-10-15(19-17)13-8-4-5-9-13/h1-3,6-7,10-11,13,16,21H,4-5,8-9,12H2,(H,18,19,20)/t16-/m1/s1. The van der Waals surface area contributed by atoms with E-state index in [1.807, 2.05) is 42.6 Å². The first-order valence-corrected chi connectivity index (χ1v) is 7.62. The van der Waals surface area contributed by atoms with E-state index in [2.05, 4.69) is 15.3 Å². The van der Waals surface area contributed by atoms with Crippen molar-refractivity contribution in [2.24, 2.45) is 0 Å². The summed E-state index contributed by atoms with van der Waals surface area (Å²) in [5.74, 6) is 1.17. The van der Waals surface area contributed by atoms with Gasteiger partial charge in [-0.05, 0) is 24.5 Å². The van der Waals surface area contributed by atoms with Crippen molar-refractivity contribution in [2.45, 2.75) is 37.6 Å². The lowest BCUT2D eigenvalue weighted by molar-refractivity contribution is 0.276. The van der Waals surface area contributed by atoms with Gasteiger partial charge in [0.25, 0.3) is 0 Å². The van der Waals surface area contributed by atoms with Crippen LogP contribution in [0.3, 0.4) is 0 Å². The second-order valence-corrected chi connectivity index (χ2v) is 5.58. The van der Waals surface area contributed by atoms with E-state index in [9.17, 15) is 5.11 Å². The molecule has 4 heteroatoms. The molecule has 1 aliphatic rings. The van der Waals surface area contributed by atoms with E-state index in [0.717, 1.165) is 11.3 Å². The maximum atomic E-state index is 9.60. The highest BCUT2D eigenvalue weighted by Crippen LogP contribution is 2.33. The number of rotatable bonds is 5. The Labute approximate surface area is 125 Å². The molecular formula is C17H21N3O. The van der Waals surface area contributed by atoms with Crippen molar-refractivity contribution in [1.29, 1.82) is 0 Å². The van der Waals surface area contributed by atoms with Crippen molar-refractivity contribution in [3.8, 4) is 0 Å². The Morgan fingerprint density at radius 2 is 1.90 bits per heavy atom. The Balaban J connectivity index is 1.75. The van der Waals surface area contributed by atoms with Crippen molar-refractivity contribution in [2.75, 3.05) is 11.9 Å². The van der Waals surface area contributed by atoms with Gasteiger partial charge < -0.3 is 10.4 Å². The van der Waals surface area contributed by atoms with Crippen molar-refractivity contribution in [3.63, 3.8) is 0 Å². The van der Waals surface area contributed by atoms with Crippen LogP contribution in [0.25, 0.3) is 0 Å². The van der Waals surface area contributed by atoms with Gasteiger partial charge in [-0.1, -0.05) is 43.2 Å². The van der Waals surface area contributed by atoms with Crippen LogP contribution >= 0.6 is 0 Å². The van der Waals surface area contributed by atoms with Gasteiger partial charge in [0.2, 0.25) is 5.95 Å². The van der Waals surface area contributed by atoms with Crippen LogP contribution in [0.15, 0.2) is 42.6 Å². The largest absolute Gasteiger partial charge is 0.394 e. The molecule has 0 saturated heterocycles. The lowest BCUT2D eigenvalue weighted by atomic mass is 10.0. The summed E-state index contributed by atoms with van der Waals surface area (Å²) in [6, 6.07) is 11.7. The van der Waals surface area contributed by atoms with Crippen LogP contribution in [0.2, 0.25) is 0 Å². The highest BCUT2D eigenvalue weighted by atomic mass is 16.3. The molecule has 2 aromatic rings. The van der Waals surface area contributed by atoms with Crippen LogP contribution < -0.4 is 5.32 Å². The van der Waals surface area contributed by atoms with Crippen LogP contribution in [0, 0.1) is 0 Å². The van der Waals surface area contributed by atoms with E-state index < -0.39 is 0 Å². The zero-order valence-corrected chi connectivity index (χ0v) is 12.1. The van der Waals surface area contributed by atoms with Crippen LogP contribution in [-0.2, 0) is 0 Å². The van der Waals surface area contributed by atoms with Gasteiger partial charge in [0.1, 0.15) is 0 Å². The van der Waals surface area contributed by atoms with Crippen molar-refractivity contribution in [3.05, 3.63) is 53.9 Å². The van der Waals surface area contributed by atoms with Crippen molar-refractivity contribution in [1.82, 2.24) is 9.97 Å². The van der Waals surface area contributed by atoms with E-state index in [-0.39, 0.29) is 12.6 Å². The van der Waals surface area contributed by atoms with Gasteiger partial charge in [-0.2, -0.15) is 0 Å². The molecule has 0 unspecified atom stereocenters. The minimum absolute atomic E-state index is 0.0149. The van der Waals surface area contributed by atoms with Crippen molar-refractivity contribution >= 4 is 5.95 Å². The third-order valence-electron chi connectivity index (χ3n) is 4.14. The molecule has 1 fully saturated rings. The molecule has 1 aliphatic carbocycles. The van der Waals surface area contributed by atoms with Gasteiger partial charge in [0.15, 0.2) is 0 Å². The van der Waals surface area contributed by atoms with Crippen LogP contribution in [0.1, 0.15) is 48.9 Å². The zero-order valence-electron chi connectivity index (χ0n) is 12.1. The van der Waals surface area contributed by atoms with Crippen LogP contribution in [0.4, 0.5) is 5.95 Å². The first-order valence-electron chi connectivity index (χ1n) is 7.62. The number of hydrogen-bond acceptors (Lipinski definition) is 4. The molecule has 0 radical (unpaired) electrons. The Morgan fingerprint density at radius 3 is 2.62 bits per heavy atom. The number of aromatic nitrogens is 2. The summed E-state index contributed by atoms with van der Waals surface area (Å²) in [5.41, 5.74) is 2.16. The molecule has 1 aromatic carbocycles. The fraction of sp³-hybridized carbons (Fsp3) is 0.412. The van der Waals surface area contributed by atoms with Crippen LogP contribution in [0.5, 0.6) is 0 Å². The molecular weight excluding hydrogens is 262 g/mol. The molecule has 2 N–H and O–H groups in total. The average molecular weight is 283 g/mol. The Bertz CT molecular complexity index is 567. The molecule has 0 amide bonds. The first kappa shape index (κ1) is 14.0. The highest BCUT2D eigenvalue weighted by Gasteiger charge is 2.19. The van der Waals surface area contributed by atoms with Gasteiger partial charge >= 0.3 is 0 Å². The monoisotopic (exact) mass is 283 g/mol. The molecule has 1 atom stereocenters. The lowest BCUT2D eigenvalue weighted by Gasteiger charge is -2.17. The summed E-state index contributed by atoms with van der Waals surface area (Å²) in [6.07, 6.45) is 6.83. The fourth-order valence-electron chi connectivity index (χ4n) is 2.97. The predicted octanol–water partition coefficient (Wildman–Crippen LogP) is 3.28. The molecule has 4 nitrogen and oxygen atoms in total. The second-order valence-electron chi connectivity index (χ2n) is 5.58. The fourth-order valence-corrected chi connectivity index (χ4v) is 2.97. The van der Waals surface area contributed by atoms with E-state index >= 15 is 0 Å². The topological polar surface area (TPSA) is 58.0 Å². The maximum Gasteiger partial charge on any atom is 0.223 e. The molecule has 0 bridgehead atoms. The predicted molar refractivity (Wildman–Crippen MR) is 83.1 cm³/mol. The Kier molecular flexibility index (Phi) is 4.46. The smallest absolute Gasteiger partial charge is 0.223 e. The number of aliphatic hydroxyl groups is 1. The van der Waals surface area contributed by atoms with Gasteiger partial charge in [0.05, 0.1) is 12.6 Å². The third kappa shape index (κ3) is 3.39. The number of anilines is 1. The number of aliphatic hydroxyl groups excluding tert-OH is 1. The lowest BCUT2D eigenvalue weighted by Crippen LogP contribution is -2.17. The molecule has 0 aliphatic heterocycles. The maximum absolute atomic E-state index is 9.60. The molecule has 3 rings (SSSR count). The number of nitrogens with zero attached hydrogens (tertiary/aromatic N) is 2. The third-order valence-corrected chi connectivity index (χ3v) is 4.14. The number of benzene rings is 1. The minimum atomic E-state index is -0.176. The quantitative estimate of drug-likeness (QED) is 0.884. The molecule has 0 spiro atoms. The summed E-state index contributed by atoms with van der Waals surface area (Å²) in [6.45, 7) is 0.0149. The minimum Gasteiger partial charge on any atom is -0.394 e. The molecule has 1 aromatic heterocycles. The summed E-state index contributed by atoms with van der Waals surface area (Å²) >= 11 is 0. The Morgan fingerprint density at radius 1 is 1.14 bits per heavy atom. The van der Waals surface area contributed by atoms with Gasteiger partial charge in [-0.25, -0.2) is 9.97 Å². The van der Waals surface area contributed by atoms with E-state index in [1.54, 1.807) is 0 Å². The van der Waals surface area contributed by atoms with Gasteiger partial charge in [0, 0.05) is 17.8 Å². The summed E-state index contributed by atoms with van der Waals surface area (Å²) < 4.78 is 0. The van der Waals surface area contributed by atoms with Crippen molar-refractivity contribution < 1.29 is 5.11 Å². The molecule has 21 heavy (non-hydrogen) atoms. The summed E-state index contributed by atoms with van der Waals surface area (Å²) in [4.78, 5) is 8.93. The van der Waals surface area contributed by atoms with Gasteiger partial charge in [-0.3, -0.25) is 0 Å². The Hall–Kier alpha value is -1.94. The average Bonchev–Trinajstić information content (AvgIpc) is 3.08. The summed E-state index contributed by atoms with van der Waals surface area (Å²) in [7, 11) is 0. The first-order chi connectivity index (χ1) is 10.4. The van der Waals surface area contributed by atoms with E-state index in [0.29, 0.717) is 11.9 Å². The SMILES string of the molecule is OC[C@@H](Nc1nccc(C2CCCC2)n1)c1ccccc1. The van der Waals surface area contributed by atoms with E-state index in [1.165, 1.54) is 25.7 Å². The number of nitrogens with one attached hydrogen (secondary N) is 1. The number of hydrogen-bond donors (Lipinski definition) is 2. The highest BCUT2D eigenvalue weighted by molar-refractivity contribution is 5.33. The van der Waals surface area contributed by atoms with E-state index in [4.69, 9.17) is 0 Å². The molecule has 1 heterocycles. The molecule has 110 valence electrons. The van der Waals surface area contributed by atoms with Crippen LogP contribution in [-0.4, -0.2) is 21.7 Å². The zero-order chi connectivity index (χ0) is 14.5. The molecule has 1 saturated carbocycles. The summed E-state index contributed by atoms with van der Waals surface area (Å²) in [5, 5.41) is 12.8.